The second-order valence-electron chi connectivity index (χ2n) is 4.77. The van der Waals surface area contributed by atoms with Gasteiger partial charge in [0.1, 0.15) is 0 Å². The Labute approximate surface area is 115 Å². The number of hydrogen-bond acceptors (Lipinski definition) is 5. The molecule has 0 spiro atoms. The number of benzene rings is 1. The van der Waals surface area contributed by atoms with Crippen molar-refractivity contribution >= 4 is 23.4 Å². The van der Waals surface area contributed by atoms with Gasteiger partial charge in [-0.2, -0.15) is 0 Å². The smallest absolute Gasteiger partial charge is 0.306 e. The second kappa shape index (κ2) is 5.61. The molecule has 0 saturated heterocycles. The first-order valence-electron chi connectivity index (χ1n) is 5.99. The number of nitrogens with zero attached hydrogens (tertiary/aromatic N) is 1. The van der Waals surface area contributed by atoms with E-state index in [1.807, 2.05) is 0 Å². The number of ether oxygens (including phenoxy) is 1. The quantitative estimate of drug-likeness (QED) is 0.347. The number of nitro groups is 1. The summed E-state index contributed by atoms with van der Waals surface area (Å²) < 4.78 is 4.68. The highest BCUT2D eigenvalue weighted by molar-refractivity contribution is 7.99. The molecule has 1 aromatic rings. The van der Waals surface area contributed by atoms with Crippen molar-refractivity contribution in [2.45, 2.75) is 24.2 Å². The number of carbonyl (C=O) groups is 1. The average molecular weight is 281 g/mol. The third-order valence-electron chi connectivity index (χ3n) is 3.30. The normalized spacial score (nSPS) is 15.8. The van der Waals surface area contributed by atoms with Crippen LogP contribution in [0.5, 0.6) is 0 Å². The lowest BCUT2D eigenvalue weighted by Gasteiger charge is -2.12. The summed E-state index contributed by atoms with van der Waals surface area (Å²) in [5, 5.41) is 10.9. The van der Waals surface area contributed by atoms with Gasteiger partial charge in [-0.25, -0.2) is 0 Å². The van der Waals surface area contributed by atoms with Crippen molar-refractivity contribution in [1.82, 2.24) is 0 Å². The monoisotopic (exact) mass is 281 g/mol. The van der Waals surface area contributed by atoms with Gasteiger partial charge in [-0.15, -0.1) is 11.8 Å². The summed E-state index contributed by atoms with van der Waals surface area (Å²) in [6.45, 7) is 0. The van der Waals surface area contributed by atoms with Crippen LogP contribution < -0.4 is 0 Å². The van der Waals surface area contributed by atoms with Gasteiger partial charge in [-0.3, -0.25) is 14.9 Å². The standard InChI is InChI=1S/C13H15NO4S/c1-18-12(15)8-13(6-7-13)9-19-11-5-3-2-4-10(11)14(16)17/h2-5H,6-9H2,1H3. The van der Waals surface area contributed by atoms with E-state index in [0.717, 1.165) is 12.8 Å². The van der Waals surface area contributed by atoms with Gasteiger partial charge in [0.05, 0.1) is 23.3 Å². The SMILES string of the molecule is COC(=O)CC1(CSc2ccccc2[N+](=O)[O-])CC1. The van der Waals surface area contributed by atoms with Crippen molar-refractivity contribution in [2.24, 2.45) is 5.41 Å². The van der Waals surface area contributed by atoms with Crippen LogP contribution in [0.3, 0.4) is 0 Å². The number of thioether (sulfide) groups is 1. The molecule has 1 aliphatic rings. The van der Waals surface area contributed by atoms with E-state index in [4.69, 9.17) is 0 Å². The molecule has 1 aliphatic carbocycles. The highest BCUT2D eigenvalue weighted by atomic mass is 32.2. The van der Waals surface area contributed by atoms with Crippen LogP contribution in [-0.4, -0.2) is 23.8 Å². The van der Waals surface area contributed by atoms with E-state index in [0.29, 0.717) is 17.1 Å². The van der Waals surface area contributed by atoms with E-state index < -0.39 is 0 Å². The van der Waals surface area contributed by atoms with Crippen LogP contribution in [0.25, 0.3) is 0 Å². The summed E-state index contributed by atoms with van der Waals surface area (Å²) >= 11 is 1.45. The van der Waals surface area contributed by atoms with Crippen molar-refractivity contribution in [3.63, 3.8) is 0 Å². The molecule has 0 atom stereocenters. The molecular formula is C13H15NO4S. The molecule has 6 heteroatoms. The van der Waals surface area contributed by atoms with Gasteiger partial charge in [-0.1, -0.05) is 12.1 Å². The molecule has 5 nitrogen and oxygen atoms in total. The van der Waals surface area contributed by atoms with E-state index in [9.17, 15) is 14.9 Å². The number of carbonyl (C=O) groups excluding carboxylic acids is 1. The van der Waals surface area contributed by atoms with Crippen LogP contribution >= 0.6 is 11.8 Å². The molecule has 1 fully saturated rings. The van der Waals surface area contributed by atoms with Gasteiger partial charge in [-0.05, 0) is 24.3 Å². The van der Waals surface area contributed by atoms with Gasteiger partial charge in [0.2, 0.25) is 0 Å². The number of methoxy groups -OCH3 is 1. The molecule has 0 radical (unpaired) electrons. The fourth-order valence-corrected chi connectivity index (χ4v) is 3.21. The maximum Gasteiger partial charge on any atom is 0.306 e. The lowest BCUT2D eigenvalue weighted by molar-refractivity contribution is -0.387. The van der Waals surface area contributed by atoms with Crippen LogP contribution in [0.15, 0.2) is 29.2 Å². The minimum atomic E-state index is -0.373. The molecule has 0 aliphatic heterocycles. The summed E-state index contributed by atoms with van der Waals surface area (Å²) in [6.07, 6.45) is 2.36. The fourth-order valence-electron chi connectivity index (χ4n) is 1.89. The van der Waals surface area contributed by atoms with Crippen molar-refractivity contribution in [3.05, 3.63) is 34.4 Å². The molecular weight excluding hydrogens is 266 g/mol. The maximum absolute atomic E-state index is 11.3. The van der Waals surface area contributed by atoms with E-state index >= 15 is 0 Å². The molecule has 0 heterocycles. The highest BCUT2D eigenvalue weighted by Gasteiger charge is 2.44. The zero-order valence-corrected chi connectivity index (χ0v) is 11.4. The Morgan fingerprint density at radius 3 is 2.74 bits per heavy atom. The van der Waals surface area contributed by atoms with Gasteiger partial charge in [0.15, 0.2) is 0 Å². The van der Waals surface area contributed by atoms with E-state index in [1.165, 1.54) is 24.9 Å². The van der Waals surface area contributed by atoms with Crippen molar-refractivity contribution in [2.75, 3.05) is 12.9 Å². The first-order chi connectivity index (χ1) is 9.06. The second-order valence-corrected chi connectivity index (χ2v) is 5.78. The Balaban J connectivity index is 1.99. The van der Waals surface area contributed by atoms with Crippen LogP contribution in [0.4, 0.5) is 5.69 Å². The predicted octanol–water partition coefficient (Wildman–Crippen LogP) is 3.03. The minimum absolute atomic E-state index is 0.0263. The Morgan fingerprint density at radius 2 is 2.16 bits per heavy atom. The number of esters is 1. The summed E-state index contributed by atoms with van der Waals surface area (Å²) in [7, 11) is 1.38. The largest absolute Gasteiger partial charge is 0.469 e. The molecule has 0 aromatic heterocycles. The molecule has 0 N–H and O–H groups in total. The molecule has 0 bridgehead atoms. The zero-order chi connectivity index (χ0) is 13.9. The van der Waals surface area contributed by atoms with Crippen LogP contribution in [0.2, 0.25) is 0 Å². The minimum Gasteiger partial charge on any atom is -0.469 e. The lowest BCUT2D eigenvalue weighted by Crippen LogP contribution is -2.13. The van der Waals surface area contributed by atoms with Crippen molar-refractivity contribution < 1.29 is 14.5 Å². The van der Waals surface area contributed by atoms with Crippen molar-refractivity contribution in [3.8, 4) is 0 Å². The van der Waals surface area contributed by atoms with E-state index in [2.05, 4.69) is 4.74 Å². The number of nitro benzene ring substituents is 1. The van der Waals surface area contributed by atoms with Gasteiger partial charge >= 0.3 is 5.97 Å². The number of para-hydroxylation sites is 1. The molecule has 1 saturated carbocycles. The van der Waals surface area contributed by atoms with Crippen LogP contribution in [-0.2, 0) is 9.53 Å². The summed E-state index contributed by atoms with van der Waals surface area (Å²) in [5.74, 6) is 0.508. The Hall–Kier alpha value is -1.56. The molecule has 2 rings (SSSR count). The van der Waals surface area contributed by atoms with Gasteiger partial charge in [0.25, 0.3) is 5.69 Å². The topological polar surface area (TPSA) is 69.4 Å². The highest BCUT2D eigenvalue weighted by Crippen LogP contribution is 2.52. The predicted molar refractivity (Wildman–Crippen MR) is 72.1 cm³/mol. The van der Waals surface area contributed by atoms with Gasteiger partial charge < -0.3 is 4.74 Å². The lowest BCUT2D eigenvalue weighted by atomic mass is 10.1. The molecule has 0 amide bonds. The Bertz CT molecular complexity index is 499. The van der Waals surface area contributed by atoms with E-state index in [1.54, 1.807) is 18.2 Å². The molecule has 1 aromatic carbocycles. The first-order valence-corrected chi connectivity index (χ1v) is 6.98. The van der Waals surface area contributed by atoms with Crippen LogP contribution in [0, 0.1) is 15.5 Å². The third kappa shape index (κ3) is 3.47. The number of hydrogen-bond donors (Lipinski definition) is 0. The fraction of sp³-hybridized carbons (Fsp3) is 0.462. The van der Waals surface area contributed by atoms with Crippen LogP contribution in [0.1, 0.15) is 19.3 Å². The molecule has 0 unspecified atom stereocenters. The number of rotatable bonds is 6. The Kier molecular flexibility index (Phi) is 4.09. The zero-order valence-electron chi connectivity index (χ0n) is 10.6. The summed E-state index contributed by atoms with van der Waals surface area (Å²) in [6, 6.07) is 6.69. The van der Waals surface area contributed by atoms with E-state index in [-0.39, 0.29) is 22.0 Å². The molecule has 19 heavy (non-hydrogen) atoms. The third-order valence-corrected chi connectivity index (χ3v) is 4.71. The maximum atomic E-state index is 11.3. The first kappa shape index (κ1) is 13.9. The van der Waals surface area contributed by atoms with Gasteiger partial charge in [0, 0.05) is 11.8 Å². The van der Waals surface area contributed by atoms with Crippen molar-refractivity contribution in [1.29, 1.82) is 0 Å². The Morgan fingerprint density at radius 1 is 1.47 bits per heavy atom. The summed E-state index contributed by atoms with van der Waals surface area (Å²) in [5.41, 5.74) is 0.0999. The summed E-state index contributed by atoms with van der Waals surface area (Å²) in [4.78, 5) is 22.5. The molecule has 102 valence electrons. The average Bonchev–Trinajstić information content (AvgIpc) is 3.16.